The van der Waals surface area contributed by atoms with Gasteiger partial charge in [0.1, 0.15) is 8.07 Å². The van der Waals surface area contributed by atoms with E-state index in [-0.39, 0.29) is 5.28 Å². The predicted molar refractivity (Wildman–Crippen MR) is 119 cm³/mol. The Balaban J connectivity index is 0.000000320. The molecular formula is C21H30ClN5Si. The second kappa shape index (κ2) is 9.57. The molecule has 0 radical (unpaired) electrons. The summed E-state index contributed by atoms with van der Waals surface area (Å²) in [7, 11) is -1.47. The van der Waals surface area contributed by atoms with Crippen LogP contribution in [0.3, 0.4) is 0 Å². The van der Waals surface area contributed by atoms with Gasteiger partial charge in [0.25, 0.3) is 0 Å². The average Bonchev–Trinajstić information content (AvgIpc) is 3.42. The Morgan fingerprint density at radius 3 is 2.32 bits per heavy atom. The van der Waals surface area contributed by atoms with Gasteiger partial charge in [-0.1, -0.05) is 64.1 Å². The number of halogens is 1. The van der Waals surface area contributed by atoms with Gasteiger partial charge in [-0.3, -0.25) is 5.10 Å². The largest absolute Gasteiger partial charge is 0.322 e. The van der Waals surface area contributed by atoms with Gasteiger partial charge >= 0.3 is 0 Å². The van der Waals surface area contributed by atoms with Crippen LogP contribution in [-0.2, 0) is 0 Å². The van der Waals surface area contributed by atoms with E-state index < -0.39 is 8.07 Å². The molecular weight excluding hydrogens is 386 g/mol. The Morgan fingerprint density at radius 2 is 1.75 bits per heavy atom. The van der Waals surface area contributed by atoms with Gasteiger partial charge in [0.15, 0.2) is 11.6 Å². The van der Waals surface area contributed by atoms with Crippen LogP contribution in [0.2, 0.25) is 24.9 Å². The lowest BCUT2D eigenvalue weighted by Gasteiger charge is -2.06. The summed E-state index contributed by atoms with van der Waals surface area (Å²) in [4.78, 5) is 8.27. The van der Waals surface area contributed by atoms with Gasteiger partial charge in [0, 0.05) is 23.9 Å². The van der Waals surface area contributed by atoms with E-state index in [1.165, 1.54) is 51.4 Å². The summed E-state index contributed by atoms with van der Waals surface area (Å²) in [6.07, 6.45) is 13.1. The lowest BCUT2D eigenvalue weighted by Crippen LogP contribution is -2.16. The normalized spacial score (nSPS) is 16.4. The van der Waals surface area contributed by atoms with Gasteiger partial charge in [-0.15, -0.1) is 5.54 Å². The molecule has 0 unspecified atom stereocenters. The fourth-order valence-corrected chi connectivity index (χ4v) is 3.63. The molecule has 2 fully saturated rings. The summed E-state index contributed by atoms with van der Waals surface area (Å²) in [5, 5.41) is 10.7. The first-order valence-corrected chi connectivity index (χ1v) is 14.2. The number of nitrogens with zero attached hydrogens (tertiary/aromatic N) is 3. The molecule has 2 aromatic rings. The molecule has 0 amide bonds. The van der Waals surface area contributed by atoms with E-state index in [0.29, 0.717) is 11.7 Å². The Kier molecular flexibility index (Phi) is 7.14. The second-order valence-electron chi connectivity index (χ2n) is 8.63. The third-order valence-electron chi connectivity index (χ3n) is 4.69. The quantitative estimate of drug-likeness (QED) is 0.364. The van der Waals surface area contributed by atoms with E-state index in [4.69, 9.17) is 11.6 Å². The zero-order valence-electron chi connectivity index (χ0n) is 17.1. The molecule has 0 atom stereocenters. The molecule has 7 heteroatoms. The molecule has 4 rings (SSSR count). The van der Waals surface area contributed by atoms with Crippen LogP contribution in [0.4, 0.5) is 11.6 Å². The van der Waals surface area contributed by atoms with Crippen LogP contribution in [-0.4, -0.2) is 28.2 Å². The SMILES string of the molecule is C1CCCCC1.C[Si](C)(C)C#Cc1cnc(Cl)nc1Nc1cc(C2CC2)[nH]n1. The van der Waals surface area contributed by atoms with E-state index in [0.717, 1.165) is 17.1 Å². The number of aromatic amines is 1. The maximum Gasteiger partial charge on any atom is 0.224 e. The number of anilines is 2. The van der Waals surface area contributed by atoms with Crippen molar-refractivity contribution in [2.45, 2.75) is 76.9 Å². The van der Waals surface area contributed by atoms with Gasteiger partial charge in [0.2, 0.25) is 5.28 Å². The Hall–Kier alpha value is -1.84. The summed E-state index contributed by atoms with van der Waals surface area (Å²) in [5.41, 5.74) is 5.22. The standard InChI is InChI=1S/C15H18ClN5Si.C6H12/c1-22(2,3)7-6-11-9-17-15(16)19-14(11)18-13-8-12(20-21-13)10-4-5-10;1-2-4-6-5-3-1/h8-10H,4-5H2,1-3H3,(H2,17,18,19,20,21);1-6H2. The molecule has 0 aliphatic heterocycles. The first-order chi connectivity index (χ1) is 13.4. The van der Waals surface area contributed by atoms with Crippen molar-refractivity contribution in [2.75, 3.05) is 5.32 Å². The van der Waals surface area contributed by atoms with Crippen LogP contribution in [0.15, 0.2) is 12.3 Å². The molecule has 2 aliphatic carbocycles. The summed E-state index contributed by atoms with van der Waals surface area (Å²) in [6, 6.07) is 2.02. The number of hydrogen-bond donors (Lipinski definition) is 2. The number of aromatic nitrogens is 4. The first-order valence-electron chi connectivity index (χ1n) is 10.3. The summed E-state index contributed by atoms with van der Waals surface area (Å²) >= 11 is 5.91. The molecule has 5 nitrogen and oxygen atoms in total. The van der Waals surface area contributed by atoms with Crippen molar-refractivity contribution >= 4 is 31.3 Å². The molecule has 0 bridgehead atoms. The number of H-pyrrole nitrogens is 1. The van der Waals surface area contributed by atoms with Crippen LogP contribution in [0.5, 0.6) is 0 Å². The van der Waals surface area contributed by atoms with E-state index in [1.807, 2.05) is 6.07 Å². The highest BCUT2D eigenvalue weighted by Crippen LogP contribution is 2.39. The van der Waals surface area contributed by atoms with Gasteiger partial charge in [-0.25, -0.2) is 4.98 Å². The topological polar surface area (TPSA) is 66.5 Å². The van der Waals surface area contributed by atoms with Gasteiger partial charge in [-0.05, 0) is 24.4 Å². The predicted octanol–water partition coefficient (Wildman–Crippen LogP) is 6.04. The number of nitrogens with one attached hydrogen (secondary N) is 2. The van der Waals surface area contributed by atoms with Crippen molar-refractivity contribution in [3.63, 3.8) is 0 Å². The zero-order valence-corrected chi connectivity index (χ0v) is 18.9. The number of rotatable bonds is 3. The molecule has 2 N–H and O–H groups in total. The van der Waals surface area contributed by atoms with E-state index in [1.54, 1.807) is 6.20 Å². The highest BCUT2D eigenvalue weighted by Gasteiger charge is 2.25. The van der Waals surface area contributed by atoms with Gasteiger partial charge in [0.05, 0.1) is 5.56 Å². The van der Waals surface area contributed by atoms with Gasteiger partial charge < -0.3 is 5.32 Å². The minimum atomic E-state index is -1.47. The lowest BCUT2D eigenvalue weighted by molar-refractivity contribution is 0.504. The summed E-state index contributed by atoms with van der Waals surface area (Å²) in [6.45, 7) is 6.58. The Morgan fingerprint density at radius 1 is 1.11 bits per heavy atom. The number of hydrogen-bond acceptors (Lipinski definition) is 4. The average molecular weight is 416 g/mol. The Labute approximate surface area is 174 Å². The molecule has 150 valence electrons. The second-order valence-corrected chi connectivity index (χ2v) is 13.7. The maximum absolute atomic E-state index is 5.91. The van der Waals surface area contributed by atoms with E-state index >= 15 is 0 Å². The van der Waals surface area contributed by atoms with Crippen LogP contribution in [0.25, 0.3) is 0 Å². The molecule has 2 saturated carbocycles. The molecule has 0 saturated heterocycles. The molecule has 0 aromatic carbocycles. The fraction of sp³-hybridized carbons (Fsp3) is 0.571. The van der Waals surface area contributed by atoms with Crippen LogP contribution < -0.4 is 5.32 Å². The molecule has 2 heterocycles. The monoisotopic (exact) mass is 415 g/mol. The minimum Gasteiger partial charge on any atom is -0.322 e. The molecule has 0 spiro atoms. The van der Waals surface area contributed by atoms with Crippen LogP contribution in [0, 0.1) is 11.5 Å². The lowest BCUT2D eigenvalue weighted by atomic mass is 10.0. The molecule has 2 aromatic heterocycles. The van der Waals surface area contributed by atoms with E-state index in [2.05, 4.69) is 56.6 Å². The van der Waals surface area contributed by atoms with Crippen LogP contribution in [0.1, 0.15) is 68.5 Å². The highest BCUT2D eigenvalue weighted by molar-refractivity contribution is 6.83. The summed E-state index contributed by atoms with van der Waals surface area (Å²) < 4.78 is 0. The third kappa shape index (κ3) is 6.96. The highest BCUT2D eigenvalue weighted by atomic mass is 35.5. The fourth-order valence-electron chi connectivity index (χ4n) is 2.99. The van der Waals surface area contributed by atoms with Crippen molar-refractivity contribution in [1.82, 2.24) is 20.2 Å². The van der Waals surface area contributed by atoms with E-state index in [9.17, 15) is 0 Å². The van der Waals surface area contributed by atoms with Crippen molar-refractivity contribution < 1.29 is 0 Å². The van der Waals surface area contributed by atoms with Crippen molar-refractivity contribution in [2.24, 2.45) is 0 Å². The van der Waals surface area contributed by atoms with Crippen molar-refractivity contribution in [3.8, 4) is 11.5 Å². The maximum atomic E-state index is 5.91. The molecule has 2 aliphatic rings. The molecule has 28 heavy (non-hydrogen) atoms. The third-order valence-corrected chi connectivity index (χ3v) is 5.75. The first kappa shape index (κ1) is 20.9. The minimum absolute atomic E-state index is 0.194. The van der Waals surface area contributed by atoms with Gasteiger partial charge in [-0.2, -0.15) is 10.1 Å². The Bertz CT molecular complexity index is 827. The zero-order chi connectivity index (χ0) is 20.0. The van der Waals surface area contributed by atoms with Crippen molar-refractivity contribution in [3.05, 3.63) is 28.8 Å². The van der Waals surface area contributed by atoms with Crippen molar-refractivity contribution in [1.29, 1.82) is 0 Å². The van der Waals surface area contributed by atoms with Crippen LogP contribution >= 0.6 is 11.6 Å². The smallest absolute Gasteiger partial charge is 0.224 e. The summed E-state index contributed by atoms with van der Waals surface area (Å²) in [5.74, 6) is 5.12.